The molecule has 6 nitrogen and oxygen atoms in total. The quantitative estimate of drug-likeness (QED) is 0.446. The Morgan fingerprint density at radius 3 is 2.60 bits per heavy atom. The highest BCUT2D eigenvalue weighted by molar-refractivity contribution is 6.43. The molecule has 30 heavy (non-hydrogen) atoms. The van der Waals surface area contributed by atoms with Crippen LogP contribution in [-0.4, -0.2) is 22.1 Å². The molecule has 0 bridgehead atoms. The molecule has 3 rings (SSSR count). The van der Waals surface area contributed by atoms with Crippen molar-refractivity contribution in [1.29, 1.82) is 0 Å². The zero-order valence-electron chi connectivity index (χ0n) is 16.3. The monoisotopic (exact) mass is 445 g/mol. The summed E-state index contributed by atoms with van der Waals surface area (Å²) in [6.45, 7) is 2.13. The number of rotatable bonds is 7. The number of aromatic nitrogens is 1. The van der Waals surface area contributed by atoms with Gasteiger partial charge in [0.1, 0.15) is 0 Å². The first-order valence-electron chi connectivity index (χ1n) is 9.46. The number of benzene rings is 2. The topological polar surface area (TPSA) is 91.3 Å². The number of anilines is 1. The first kappa shape index (κ1) is 21.9. The number of hydrogen-bond acceptors (Lipinski definition) is 3. The van der Waals surface area contributed by atoms with Crippen LogP contribution in [0.3, 0.4) is 0 Å². The van der Waals surface area contributed by atoms with Gasteiger partial charge in [-0.2, -0.15) is 0 Å². The number of fused-ring (bicyclic) bond motifs is 1. The molecule has 8 heteroatoms. The van der Waals surface area contributed by atoms with Crippen molar-refractivity contribution in [2.24, 2.45) is 5.92 Å². The number of nitrogens with zero attached hydrogens (tertiary/aromatic N) is 1. The van der Waals surface area contributed by atoms with Crippen LogP contribution in [0.4, 0.5) is 10.5 Å². The average molecular weight is 446 g/mol. The molecule has 0 aliphatic heterocycles. The summed E-state index contributed by atoms with van der Waals surface area (Å²) in [5, 5.41) is 17.3. The Hall–Kier alpha value is -2.83. The molecule has 3 aromatic rings. The number of carboxylic acid groups (broad SMARTS) is 1. The van der Waals surface area contributed by atoms with Crippen molar-refractivity contribution < 1.29 is 14.7 Å². The summed E-state index contributed by atoms with van der Waals surface area (Å²) in [6, 6.07) is 10.3. The fourth-order valence-electron chi connectivity index (χ4n) is 3.26. The number of hydrogen-bond donors (Lipinski definition) is 3. The predicted molar refractivity (Wildman–Crippen MR) is 119 cm³/mol. The Bertz CT molecular complexity index is 1090. The van der Waals surface area contributed by atoms with Crippen molar-refractivity contribution >= 4 is 51.7 Å². The van der Waals surface area contributed by atoms with Crippen LogP contribution in [-0.2, 0) is 17.8 Å². The van der Waals surface area contributed by atoms with Gasteiger partial charge < -0.3 is 15.7 Å². The van der Waals surface area contributed by atoms with E-state index in [1.54, 1.807) is 30.6 Å². The normalized spacial score (nSPS) is 11.8. The third kappa shape index (κ3) is 5.01. The van der Waals surface area contributed by atoms with E-state index in [4.69, 9.17) is 23.2 Å². The van der Waals surface area contributed by atoms with Crippen LogP contribution in [0, 0.1) is 5.92 Å². The minimum atomic E-state index is -0.804. The number of carbonyl (C=O) groups is 2. The lowest BCUT2D eigenvalue weighted by Crippen LogP contribution is -2.28. The number of amides is 2. The maximum absolute atomic E-state index is 12.3. The van der Waals surface area contributed by atoms with E-state index in [0.29, 0.717) is 23.6 Å². The number of halogens is 2. The molecule has 0 radical (unpaired) electrons. The van der Waals surface area contributed by atoms with Crippen LogP contribution >= 0.6 is 23.2 Å². The van der Waals surface area contributed by atoms with E-state index < -0.39 is 17.9 Å². The number of carboxylic acids is 1. The molecule has 1 atom stereocenters. The summed E-state index contributed by atoms with van der Waals surface area (Å²) in [6.07, 6.45) is 4.40. The Labute approximate surface area is 184 Å². The first-order valence-corrected chi connectivity index (χ1v) is 10.2. The second-order valence-corrected chi connectivity index (χ2v) is 7.65. The van der Waals surface area contributed by atoms with Crippen LogP contribution in [0.15, 0.2) is 48.8 Å². The molecule has 0 aliphatic carbocycles. The molecule has 3 N–H and O–H groups in total. The van der Waals surface area contributed by atoms with Crippen LogP contribution in [0.5, 0.6) is 0 Å². The van der Waals surface area contributed by atoms with Crippen molar-refractivity contribution in [3.8, 4) is 0 Å². The second-order valence-electron chi connectivity index (χ2n) is 6.86. The molecule has 2 aromatic carbocycles. The summed E-state index contributed by atoms with van der Waals surface area (Å²) in [5.74, 6) is -1.25. The van der Waals surface area contributed by atoms with Crippen molar-refractivity contribution in [3.63, 3.8) is 0 Å². The second kappa shape index (κ2) is 9.78. The fraction of sp³-hybridized carbons (Fsp3) is 0.227. The van der Waals surface area contributed by atoms with E-state index in [1.807, 2.05) is 25.1 Å². The molecule has 2 amide bonds. The van der Waals surface area contributed by atoms with Crippen LogP contribution in [0.2, 0.25) is 10.0 Å². The lowest BCUT2D eigenvalue weighted by molar-refractivity contribution is -0.141. The van der Waals surface area contributed by atoms with E-state index in [1.165, 1.54) is 0 Å². The molecule has 0 saturated carbocycles. The summed E-state index contributed by atoms with van der Waals surface area (Å²) in [4.78, 5) is 27.9. The first-order chi connectivity index (χ1) is 14.4. The average Bonchev–Trinajstić information content (AvgIpc) is 2.74. The van der Waals surface area contributed by atoms with Gasteiger partial charge in [-0.15, -0.1) is 0 Å². The highest BCUT2D eigenvalue weighted by Gasteiger charge is 2.18. The Balaban J connectivity index is 1.77. The summed E-state index contributed by atoms with van der Waals surface area (Å²) in [5.41, 5.74) is 2.24. The van der Waals surface area contributed by atoms with Crippen molar-refractivity contribution in [2.45, 2.75) is 26.3 Å². The molecular weight excluding hydrogens is 425 g/mol. The van der Waals surface area contributed by atoms with Gasteiger partial charge in [0.2, 0.25) is 0 Å². The molecule has 0 spiro atoms. The van der Waals surface area contributed by atoms with Gasteiger partial charge in [0.15, 0.2) is 0 Å². The summed E-state index contributed by atoms with van der Waals surface area (Å²) in [7, 11) is 0. The highest BCUT2D eigenvalue weighted by Crippen LogP contribution is 2.29. The largest absolute Gasteiger partial charge is 0.481 e. The number of carbonyl (C=O) groups excluding carboxylic acids is 1. The zero-order valence-corrected chi connectivity index (χ0v) is 17.8. The van der Waals surface area contributed by atoms with E-state index >= 15 is 0 Å². The van der Waals surface area contributed by atoms with Gasteiger partial charge in [0.25, 0.3) is 0 Å². The van der Waals surface area contributed by atoms with E-state index in [0.717, 1.165) is 21.9 Å². The third-order valence-corrected chi connectivity index (χ3v) is 5.77. The maximum atomic E-state index is 12.3. The standard InChI is InChI=1S/C22H21Cl2N3O3/c1-2-13(21(28)29)10-14-6-7-15(17-12-25-9-8-16(14)17)11-26-22(30)27-19-5-3-4-18(23)20(19)24/h3-9,12-13H,2,10-11H2,1H3,(H,28,29)(H2,26,27,30). The third-order valence-electron chi connectivity index (χ3n) is 4.95. The Morgan fingerprint density at radius 1 is 1.10 bits per heavy atom. The number of aliphatic carboxylic acids is 1. The molecule has 156 valence electrons. The molecule has 1 heterocycles. The Morgan fingerprint density at radius 2 is 1.87 bits per heavy atom. The molecule has 0 aliphatic rings. The number of nitrogens with one attached hydrogen (secondary N) is 2. The zero-order chi connectivity index (χ0) is 21.7. The Kier molecular flexibility index (Phi) is 7.13. The molecular formula is C22H21Cl2N3O3. The fourth-order valence-corrected chi connectivity index (χ4v) is 3.61. The van der Waals surface area contributed by atoms with Gasteiger partial charge in [-0.25, -0.2) is 4.79 Å². The van der Waals surface area contributed by atoms with Crippen molar-refractivity contribution in [3.05, 3.63) is 70.0 Å². The van der Waals surface area contributed by atoms with Crippen LogP contribution < -0.4 is 10.6 Å². The van der Waals surface area contributed by atoms with Gasteiger partial charge in [-0.05, 0) is 47.6 Å². The lowest BCUT2D eigenvalue weighted by atomic mass is 9.92. The summed E-state index contributed by atoms with van der Waals surface area (Å²) < 4.78 is 0. The molecule has 1 unspecified atom stereocenters. The van der Waals surface area contributed by atoms with E-state index in [2.05, 4.69) is 15.6 Å². The molecule has 1 aromatic heterocycles. The van der Waals surface area contributed by atoms with Gasteiger partial charge in [-0.3, -0.25) is 9.78 Å². The van der Waals surface area contributed by atoms with Gasteiger partial charge >= 0.3 is 12.0 Å². The predicted octanol–water partition coefficient (Wildman–Crippen LogP) is 5.52. The van der Waals surface area contributed by atoms with Gasteiger partial charge in [0.05, 0.1) is 21.7 Å². The lowest BCUT2D eigenvalue weighted by Gasteiger charge is -2.15. The van der Waals surface area contributed by atoms with E-state index in [-0.39, 0.29) is 11.6 Å². The SMILES string of the molecule is CCC(Cc1ccc(CNC(=O)Nc2cccc(Cl)c2Cl)c2cnccc12)C(=O)O. The van der Waals surface area contributed by atoms with Crippen molar-refractivity contribution in [2.75, 3.05) is 5.32 Å². The van der Waals surface area contributed by atoms with Gasteiger partial charge in [-0.1, -0.05) is 48.3 Å². The minimum Gasteiger partial charge on any atom is -0.481 e. The van der Waals surface area contributed by atoms with E-state index in [9.17, 15) is 14.7 Å². The number of pyridine rings is 1. The highest BCUT2D eigenvalue weighted by atomic mass is 35.5. The smallest absolute Gasteiger partial charge is 0.319 e. The van der Waals surface area contributed by atoms with Crippen LogP contribution in [0.25, 0.3) is 10.8 Å². The van der Waals surface area contributed by atoms with Gasteiger partial charge in [0, 0.05) is 24.3 Å². The molecule has 0 fully saturated rings. The maximum Gasteiger partial charge on any atom is 0.319 e. The number of urea groups is 1. The van der Waals surface area contributed by atoms with Crippen molar-refractivity contribution in [1.82, 2.24) is 10.3 Å². The molecule has 0 saturated heterocycles. The van der Waals surface area contributed by atoms with Crippen LogP contribution in [0.1, 0.15) is 24.5 Å². The minimum absolute atomic E-state index is 0.266. The summed E-state index contributed by atoms with van der Waals surface area (Å²) >= 11 is 12.1.